The molecule has 0 saturated carbocycles. The maximum Gasteiger partial charge on any atom is 0.336 e. The first-order valence-electron chi connectivity index (χ1n) is 11.7. The average molecular weight is 599 g/mol. The number of hydrogen-bond acceptors (Lipinski definition) is 5. The van der Waals surface area contributed by atoms with Crippen molar-refractivity contribution in [1.82, 2.24) is 5.32 Å². The standard InChI is InChI=1S/C29H22BrCl2NO4/c1-3-36-29(35)24-15(2)33-27-19-6-4-5-7-20(19)28(34)26(27)25(24)21-12-17(30)9-11-23(21)37-14-16-8-10-18(31)13-22(16)32/h4-13,25,33H,3,14H2,1-2H3/t25-/m1/s1. The zero-order chi connectivity index (χ0) is 26.3. The summed E-state index contributed by atoms with van der Waals surface area (Å²) >= 11 is 16.0. The predicted molar refractivity (Wildman–Crippen MR) is 148 cm³/mol. The van der Waals surface area contributed by atoms with Crippen molar-refractivity contribution in [3.63, 3.8) is 0 Å². The Kier molecular flexibility index (Phi) is 7.17. The highest BCUT2D eigenvalue weighted by molar-refractivity contribution is 9.10. The highest BCUT2D eigenvalue weighted by Gasteiger charge is 2.44. The minimum Gasteiger partial charge on any atom is -0.489 e. The molecule has 5 rings (SSSR count). The molecular weight excluding hydrogens is 577 g/mol. The minimum absolute atomic E-state index is 0.135. The lowest BCUT2D eigenvalue weighted by molar-refractivity contribution is -0.138. The van der Waals surface area contributed by atoms with Crippen LogP contribution in [0.25, 0.3) is 5.70 Å². The molecule has 1 atom stereocenters. The van der Waals surface area contributed by atoms with Gasteiger partial charge in [-0.1, -0.05) is 69.5 Å². The number of ether oxygens (including phenoxy) is 2. The molecule has 0 spiro atoms. The summed E-state index contributed by atoms with van der Waals surface area (Å²) in [5.74, 6) is -0.807. The van der Waals surface area contributed by atoms with Crippen LogP contribution in [0.5, 0.6) is 5.75 Å². The number of benzene rings is 3. The fraction of sp³-hybridized carbons (Fsp3) is 0.172. The molecule has 0 aromatic heterocycles. The van der Waals surface area contributed by atoms with E-state index in [9.17, 15) is 9.59 Å². The van der Waals surface area contributed by atoms with Crippen molar-refractivity contribution in [2.75, 3.05) is 6.61 Å². The predicted octanol–water partition coefficient (Wildman–Crippen LogP) is 7.47. The highest BCUT2D eigenvalue weighted by Crippen LogP contribution is 2.49. The number of hydrogen-bond donors (Lipinski definition) is 1. The third-order valence-corrected chi connectivity index (χ3v) is 7.51. The second-order valence-electron chi connectivity index (χ2n) is 8.69. The molecule has 1 N–H and O–H groups in total. The second kappa shape index (κ2) is 10.4. The van der Waals surface area contributed by atoms with Crippen LogP contribution >= 0.6 is 39.1 Å². The summed E-state index contributed by atoms with van der Waals surface area (Å²) in [6, 6.07) is 18.2. The molecule has 8 heteroatoms. The number of nitrogens with one attached hydrogen (secondary N) is 1. The summed E-state index contributed by atoms with van der Waals surface area (Å²) < 4.78 is 12.5. The number of allylic oxidation sites excluding steroid dienone is 2. The van der Waals surface area contributed by atoms with Gasteiger partial charge in [-0.25, -0.2) is 4.79 Å². The van der Waals surface area contributed by atoms with Gasteiger partial charge in [0.1, 0.15) is 12.4 Å². The minimum atomic E-state index is -0.705. The van der Waals surface area contributed by atoms with E-state index in [4.69, 9.17) is 32.7 Å². The zero-order valence-electron chi connectivity index (χ0n) is 20.0. The summed E-state index contributed by atoms with van der Waals surface area (Å²) in [5.41, 5.74) is 5.00. The normalized spacial score (nSPS) is 16.4. The molecule has 188 valence electrons. The van der Waals surface area contributed by atoms with E-state index in [1.807, 2.05) is 43.3 Å². The van der Waals surface area contributed by atoms with Gasteiger partial charge in [0.15, 0.2) is 5.78 Å². The number of ketones is 1. The van der Waals surface area contributed by atoms with Crippen LogP contribution in [0, 0.1) is 0 Å². The maximum atomic E-state index is 13.7. The van der Waals surface area contributed by atoms with E-state index in [0.717, 1.165) is 15.6 Å². The lowest BCUT2D eigenvalue weighted by Gasteiger charge is -2.30. The number of carbonyl (C=O) groups is 2. The van der Waals surface area contributed by atoms with E-state index < -0.39 is 11.9 Å². The molecule has 1 aliphatic heterocycles. The van der Waals surface area contributed by atoms with Crippen molar-refractivity contribution in [3.05, 3.63) is 114 Å². The van der Waals surface area contributed by atoms with Crippen molar-refractivity contribution in [3.8, 4) is 5.75 Å². The van der Waals surface area contributed by atoms with E-state index in [1.165, 1.54) is 0 Å². The molecule has 0 amide bonds. The van der Waals surface area contributed by atoms with E-state index in [0.29, 0.717) is 49.5 Å². The smallest absolute Gasteiger partial charge is 0.336 e. The first-order chi connectivity index (χ1) is 17.8. The van der Waals surface area contributed by atoms with Crippen LogP contribution in [0.1, 0.15) is 46.8 Å². The van der Waals surface area contributed by atoms with Crippen molar-refractivity contribution in [2.24, 2.45) is 0 Å². The molecule has 0 saturated heterocycles. The second-order valence-corrected chi connectivity index (χ2v) is 10.4. The fourth-order valence-electron chi connectivity index (χ4n) is 4.79. The van der Waals surface area contributed by atoms with Gasteiger partial charge in [0.2, 0.25) is 0 Å². The van der Waals surface area contributed by atoms with E-state index in [-0.39, 0.29) is 19.0 Å². The van der Waals surface area contributed by atoms with Crippen molar-refractivity contribution in [1.29, 1.82) is 0 Å². The largest absolute Gasteiger partial charge is 0.489 e. The number of dihydropyridines is 1. The van der Waals surface area contributed by atoms with Crippen LogP contribution < -0.4 is 10.1 Å². The van der Waals surface area contributed by atoms with Crippen LogP contribution in [0.3, 0.4) is 0 Å². The summed E-state index contributed by atoms with van der Waals surface area (Å²) in [5, 5.41) is 4.34. The molecule has 5 nitrogen and oxygen atoms in total. The first kappa shape index (κ1) is 25.6. The number of fused-ring (bicyclic) bond motifs is 2. The van der Waals surface area contributed by atoms with Gasteiger partial charge >= 0.3 is 5.97 Å². The Labute approximate surface area is 233 Å². The van der Waals surface area contributed by atoms with Gasteiger partial charge in [-0.3, -0.25) is 4.79 Å². The lowest BCUT2D eigenvalue weighted by atomic mass is 9.79. The molecular formula is C29H22BrCl2NO4. The van der Waals surface area contributed by atoms with E-state index in [1.54, 1.807) is 31.2 Å². The molecule has 1 aliphatic carbocycles. The molecule has 0 bridgehead atoms. The molecule has 1 heterocycles. The number of halogens is 3. The van der Waals surface area contributed by atoms with Crippen molar-refractivity contribution < 1.29 is 19.1 Å². The van der Waals surface area contributed by atoms with Crippen LogP contribution in [-0.4, -0.2) is 18.4 Å². The summed E-state index contributed by atoms with van der Waals surface area (Å²) in [6.07, 6.45) is 0. The molecule has 0 radical (unpaired) electrons. The monoisotopic (exact) mass is 597 g/mol. The Morgan fingerprint density at radius 1 is 1.05 bits per heavy atom. The quantitative estimate of drug-likeness (QED) is 0.298. The van der Waals surface area contributed by atoms with Gasteiger partial charge < -0.3 is 14.8 Å². The molecule has 2 aliphatic rings. The third kappa shape index (κ3) is 4.70. The van der Waals surface area contributed by atoms with Crippen LogP contribution in [0.15, 0.2) is 82.0 Å². The topological polar surface area (TPSA) is 64.6 Å². The molecule has 3 aromatic carbocycles. The number of rotatable bonds is 6. The van der Waals surface area contributed by atoms with Gasteiger partial charge in [0.05, 0.1) is 23.8 Å². The van der Waals surface area contributed by atoms with Gasteiger partial charge in [0, 0.05) is 48.0 Å². The third-order valence-electron chi connectivity index (χ3n) is 6.43. The molecule has 3 aromatic rings. The van der Waals surface area contributed by atoms with Gasteiger partial charge in [-0.15, -0.1) is 0 Å². The fourth-order valence-corrected chi connectivity index (χ4v) is 5.63. The molecule has 37 heavy (non-hydrogen) atoms. The Morgan fingerprint density at radius 3 is 2.54 bits per heavy atom. The average Bonchev–Trinajstić information content (AvgIpc) is 3.15. The van der Waals surface area contributed by atoms with E-state index >= 15 is 0 Å². The zero-order valence-corrected chi connectivity index (χ0v) is 23.1. The Balaban J connectivity index is 1.65. The van der Waals surface area contributed by atoms with Crippen molar-refractivity contribution >= 4 is 56.6 Å². The van der Waals surface area contributed by atoms with Crippen molar-refractivity contribution in [2.45, 2.75) is 26.4 Å². The van der Waals surface area contributed by atoms with Gasteiger partial charge in [0.25, 0.3) is 0 Å². The lowest BCUT2D eigenvalue weighted by Crippen LogP contribution is -2.29. The van der Waals surface area contributed by atoms with Gasteiger partial charge in [-0.2, -0.15) is 0 Å². The van der Waals surface area contributed by atoms with E-state index in [2.05, 4.69) is 21.2 Å². The Bertz CT molecular complexity index is 1510. The maximum absolute atomic E-state index is 13.7. The number of carbonyl (C=O) groups excluding carboxylic acids is 2. The summed E-state index contributed by atoms with van der Waals surface area (Å²) in [4.78, 5) is 27.0. The number of esters is 1. The first-order valence-corrected chi connectivity index (χ1v) is 13.2. The van der Waals surface area contributed by atoms with Crippen LogP contribution in [0.4, 0.5) is 0 Å². The highest BCUT2D eigenvalue weighted by atomic mass is 79.9. The summed E-state index contributed by atoms with van der Waals surface area (Å²) in [7, 11) is 0. The molecule has 0 fully saturated rings. The summed E-state index contributed by atoms with van der Waals surface area (Å²) in [6.45, 7) is 3.96. The Morgan fingerprint density at radius 2 is 1.81 bits per heavy atom. The van der Waals surface area contributed by atoms with Gasteiger partial charge in [-0.05, 0) is 44.2 Å². The van der Waals surface area contributed by atoms with Crippen LogP contribution in [0.2, 0.25) is 10.0 Å². The Hall–Kier alpha value is -3.06. The van der Waals surface area contributed by atoms with Crippen LogP contribution in [-0.2, 0) is 16.1 Å². The number of Topliss-reactive ketones (excluding diaryl/α,β-unsaturated/α-hetero) is 1. The molecule has 0 unspecified atom stereocenters. The SMILES string of the molecule is CCOC(=O)C1=C(C)NC2=C(C(=O)c3ccccc32)[C@@H]1c1cc(Br)ccc1OCc1ccc(Cl)cc1Cl.